The molecule has 2 unspecified atom stereocenters. The highest BCUT2D eigenvalue weighted by Crippen LogP contribution is 2.32. The van der Waals surface area contributed by atoms with E-state index in [4.69, 9.17) is 14.2 Å². The maximum Gasteiger partial charge on any atom is 0.303 e. The first-order valence-electron chi connectivity index (χ1n) is 7.93. The molecule has 2 rings (SSSR count). The number of ether oxygens (including phenoxy) is 3. The Balaban J connectivity index is 1.86. The average molecular weight is 306 g/mol. The van der Waals surface area contributed by atoms with E-state index in [-0.39, 0.29) is 36.1 Å². The quantitative estimate of drug-likeness (QED) is 0.784. The van der Waals surface area contributed by atoms with Gasteiger partial charge in [-0.25, -0.2) is 0 Å². The number of carbonyl (C=O) groups is 1. The fraction of sp³-hybridized carbons (Fsp3) is 0.611. The molecule has 1 aromatic carbocycles. The lowest BCUT2D eigenvalue weighted by atomic mass is 9.82. The van der Waals surface area contributed by atoms with E-state index in [2.05, 4.69) is 13.8 Å². The van der Waals surface area contributed by atoms with Gasteiger partial charge in [-0.05, 0) is 18.4 Å². The van der Waals surface area contributed by atoms with E-state index in [1.165, 1.54) is 6.92 Å². The third kappa shape index (κ3) is 4.31. The number of benzene rings is 1. The molecular formula is C18H26O4. The molecule has 0 aromatic heterocycles. The van der Waals surface area contributed by atoms with E-state index < -0.39 is 0 Å². The van der Waals surface area contributed by atoms with Crippen LogP contribution >= 0.6 is 0 Å². The van der Waals surface area contributed by atoms with Gasteiger partial charge in [0.1, 0.15) is 6.10 Å². The molecule has 5 atom stereocenters. The third-order valence-corrected chi connectivity index (χ3v) is 4.48. The normalized spacial score (nSPS) is 31.7. The third-order valence-electron chi connectivity index (χ3n) is 4.48. The molecule has 1 heterocycles. The van der Waals surface area contributed by atoms with Crippen molar-refractivity contribution in [3.63, 3.8) is 0 Å². The second kappa shape index (κ2) is 7.75. The summed E-state index contributed by atoms with van der Waals surface area (Å²) in [5.74, 6) is 0.271. The Morgan fingerprint density at radius 3 is 2.45 bits per heavy atom. The fourth-order valence-electron chi connectivity index (χ4n) is 3.00. The smallest absolute Gasteiger partial charge is 0.303 e. The summed E-state index contributed by atoms with van der Waals surface area (Å²) in [6.07, 6.45) is -0.265. The van der Waals surface area contributed by atoms with Crippen LogP contribution in [0.25, 0.3) is 0 Å². The van der Waals surface area contributed by atoms with Crippen molar-refractivity contribution >= 4 is 5.97 Å². The van der Waals surface area contributed by atoms with Crippen molar-refractivity contribution < 1.29 is 19.0 Å². The minimum Gasteiger partial charge on any atom is -0.460 e. The van der Waals surface area contributed by atoms with Gasteiger partial charge >= 0.3 is 5.97 Å². The molecule has 1 fully saturated rings. The lowest BCUT2D eigenvalue weighted by Gasteiger charge is -2.43. The second-order valence-electron chi connectivity index (χ2n) is 6.17. The van der Waals surface area contributed by atoms with Crippen LogP contribution in [0, 0.1) is 11.8 Å². The van der Waals surface area contributed by atoms with Crippen molar-refractivity contribution in [1.82, 2.24) is 0 Å². The Hall–Kier alpha value is -1.39. The van der Waals surface area contributed by atoms with Crippen LogP contribution in [0.5, 0.6) is 0 Å². The van der Waals surface area contributed by atoms with Crippen LogP contribution in [0.1, 0.15) is 33.3 Å². The van der Waals surface area contributed by atoms with Crippen molar-refractivity contribution in [3.8, 4) is 0 Å². The minimum absolute atomic E-state index is 0.0283. The van der Waals surface area contributed by atoms with Crippen LogP contribution in [0.15, 0.2) is 30.3 Å². The van der Waals surface area contributed by atoms with Crippen LogP contribution < -0.4 is 0 Å². The first-order valence-corrected chi connectivity index (χ1v) is 7.93. The summed E-state index contributed by atoms with van der Waals surface area (Å²) in [5, 5.41) is 0. The zero-order valence-electron chi connectivity index (χ0n) is 13.8. The van der Waals surface area contributed by atoms with E-state index in [1.54, 1.807) is 0 Å². The maximum absolute atomic E-state index is 11.2. The van der Waals surface area contributed by atoms with E-state index in [0.717, 1.165) is 5.56 Å². The van der Waals surface area contributed by atoms with E-state index in [9.17, 15) is 4.79 Å². The molecule has 4 nitrogen and oxygen atoms in total. The van der Waals surface area contributed by atoms with Crippen LogP contribution in [-0.4, -0.2) is 30.9 Å². The summed E-state index contributed by atoms with van der Waals surface area (Å²) in [7, 11) is 0. The summed E-state index contributed by atoms with van der Waals surface area (Å²) in [4.78, 5) is 11.2. The van der Waals surface area contributed by atoms with Gasteiger partial charge < -0.3 is 14.2 Å². The molecule has 1 aromatic rings. The highest BCUT2D eigenvalue weighted by molar-refractivity contribution is 5.66. The van der Waals surface area contributed by atoms with Crippen molar-refractivity contribution in [2.24, 2.45) is 11.8 Å². The van der Waals surface area contributed by atoms with Gasteiger partial charge in [0.2, 0.25) is 0 Å². The molecular weight excluding hydrogens is 280 g/mol. The molecule has 0 amide bonds. The predicted molar refractivity (Wildman–Crippen MR) is 84.3 cm³/mol. The van der Waals surface area contributed by atoms with Gasteiger partial charge in [-0.3, -0.25) is 4.79 Å². The standard InChI is InChI=1S/C18H26O4/c1-12-13(2)18(22-15(4)19)14(3)21-17(12)11-20-10-16-8-6-5-7-9-16/h5-9,12-14,17-18H,10-11H2,1-4H3/t12-,13+,14+,17?,18?/m1/s1. The average Bonchev–Trinajstić information content (AvgIpc) is 2.49. The van der Waals surface area contributed by atoms with Crippen LogP contribution in [0.4, 0.5) is 0 Å². The first-order chi connectivity index (χ1) is 10.5. The molecule has 4 heteroatoms. The number of esters is 1. The molecule has 0 spiro atoms. The van der Waals surface area contributed by atoms with Crippen LogP contribution in [0.3, 0.4) is 0 Å². The number of rotatable bonds is 5. The number of hydrogen-bond donors (Lipinski definition) is 0. The van der Waals surface area contributed by atoms with Gasteiger partial charge in [0.25, 0.3) is 0 Å². The highest BCUT2D eigenvalue weighted by atomic mass is 16.6. The van der Waals surface area contributed by atoms with E-state index in [1.807, 2.05) is 37.3 Å². The topological polar surface area (TPSA) is 44.8 Å². The Morgan fingerprint density at radius 1 is 1.14 bits per heavy atom. The number of carbonyl (C=O) groups excluding carboxylic acids is 1. The minimum atomic E-state index is -0.252. The van der Waals surface area contributed by atoms with Crippen molar-refractivity contribution in [3.05, 3.63) is 35.9 Å². The van der Waals surface area contributed by atoms with Gasteiger partial charge in [0, 0.05) is 12.8 Å². The zero-order chi connectivity index (χ0) is 16.1. The van der Waals surface area contributed by atoms with Gasteiger partial charge in [0.15, 0.2) is 0 Å². The molecule has 0 bridgehead atoms. The Morgan fingerprint density at radius 2 is 1.82 bits per heavy atom. The maximum atomic E-state index is 11.2. The molecule has 1 aliphatic heterocycles. The Bertz CT molecular complexity index is 473. The van der Waals surface area contributed by atoms with Gasteiger partial charge in [-0.15, -0.1) is 0 Å². The van der Waals surface area contributed by atoms with E-state index >= 15 is 0 Å². The van der Waals surface area contributed by atoms with Crippen molar-refractivity contribution in [1.29, 1.82) is 0 Å². The zero-order valence-corrected chi connectivity index (χ0v) is 13.8. The van der Waals surface area contributed by atoms with Crippen molar-refractivity contribution in [2.75, 3.05) is 6.61 Å². The molecule has 1 saturated heterocycles. The van der Waals surface area contributed by atoms with Crippen molar-refractivity contribution in [2.45, 2.75) is 52.6 Å². The molecule has 0 saturated carbocycles. The van der Waals surface area contributed by atoms with Crippen LogP contribution in [-0.2, 0) is 25.6 Å². The summed E-state index contributed by atoms with van der Waals surface area (Å²) in [6.45, 7) is 8.78. The first kappa shape index (κ1) is 17.0. The summed E-state index contributed by atoms with van der Waals surface area (Å²) < 4.78 is 17.2. The van der Waals surface area contributed by atoms with Gasteiger partial charge in [-0.2, -0.15) is 0 Å². The van der Waals surface area contributed by atoms with Gasteiger partial charge in [0.05, 0.1) is 25.4 Å². The molecule has 1 aliphatic rings. The molecule has 22 heavy (non-hydrogen) atoms. The largest absolute Gasteiger partial charge is 0.460 e. The lowest BCUT2D eigenvalue weighted by Crippen LogP contribution is -2.51. The monoisotopic (exact) mass is 306 g/mol. The fourth-order valence-corrected chi connectivity index (χ4v) is 3.00. The summed E-state index contributed by atoms with van der Waals surface area (Å²) in [6, 6.07) is 10.1. The van der Waals surface area contributed by atoms with E-state index in [0.29, 0.717) is 13.2 Å². The SMILES string of the molecule is CC(=O)OC1[C@H](C)OC(COCc2ccccc2)[C@H](C)[C@@H]1C. The number of hydrogen-bond acceptors (Lipinski definition) is 4. The summed E-state index contributed by atoms with van der Waals surface area (Å²) in [5.41, 5.74) is 1.16. The highest BCUT2D eigenvalue weighted by Gasteiger charge is 2.41. The molecule has 0 N–H and O–H groups in total. The Labute approximate surface area is 132 Å². The molecule has 122 valence electrons. The molecule has 0 aliphatic carbocycles. The van der Waals surface area contributed by atoms with Crippen LogP contribution in [0.2, 0.25) is 0 Å². The predicted octanol–water partition coefficient (Wildman–Crippen LogP) is 3.19. The summed E-state index contributed by atoms with van der Waals surface area (Å²) >= 11 is 0. The Kier molecular flexibility index (Phi) is 5.98. The van der Waals surface area contributed by atoms with Gasteiger partial charge in [-0.1, -0.05) is 44.2 Å². The second-order valence-corrected chi connectivity index (χ2v) is 6.17. The molecule has 0 radical (unpaired) electrons. The lowest BCUT2D eigenvalue weighted by molar-refractivity contribution is -0.199.